The number of rotatable bonds is 8. The molecule has 4 heteroatoms. The fraction of sp³-hybridized carbons (Fsp3) is 0.478. The second kappa shape index (κ2) is 9.98. The molecule has 3 rings (SSSR count). The average molecular weight is 372 g/mol. The Morgan fingerprint density at radius 3 is 2.37 bits per heavy atom. The van der Waals surface area contributed by atoms with Crippen LogP contribution in [0.2, 0.25) is 0 Å². The highest BCUT2D eigenvalue weighted by Gasteiger charge is 2.24. The standard InChI is InChI=1S/C23H29FO3/c1-3-4-5-8-17-15-26-23(27-16-17)19-13-11-18(12-14-19)22(25-2)20-9-6-7-10-21(20)24/h6-7,9-14,17,22-23H,3-5,8,15-16H2,1-2H3. The van der Waals surface area contributed by atoms with Crippen LogP contribution in [0, 0.1) is 11.7 Å². The van der Waals surface area contributed by atoms with E-state index in [1.165, 1.54) is 25.3 Å². The van der Waals surface area contributed by atoms with Gasteiger partial charge in [-0.3, -0.25) is 0 Å². The summed E-state index contributed by atoms with van der Waals surface area (Å²) in [7, 11) is 1.59. The highest BCUT2D eigenvalue weighted by Crippen LogP contribution is 2.31. The Morgan fingerprint density at radius 1 is 1.04 bits per heavy atom. The summed E-state index contributed by atoms with van der Waals surface area (Å²) in [6.07, 6.45) is 4.15. The van der Waals surface area contributed by atoms with Crippen LogP contribution in [0.5, 0.6) is 0 Å². The van der Waals surface area contributed by atoms with Gasteiger partial charge in [0, 0.05) is 24.2 Å². The average Bonchev–Trinajstić information content (AvgIpc) is 2.71. The smallest absolute Gasteiger partial charge is 0.183 e. The largest absolute Gasteiger partial charge is 0.372 e. The van der Waals surface area contributed by atoms with Crippen molar-refractivity contribution in [1.29, 1.82) is 0 Å². The zero-order valence-corrected chi connectivity index (χ0v) is 16.2. The van der Waals surface area contributed by atoms with E-state index in [4.69, 9.17) is 14.2 Å². The van der Waals surface area contributed by atoms with Crippen LogP contribution in [0.15, 0.2) is 48.5 Å². The number of ether oxygens (including phenoxy) is 3. The lowest BCUT2D eigenvalue weighted by molar-refractivity contribution is -0.206. The Bertz CT molecular complexity index is 693. The van der Waals surface area contributed by atoms with Gasteiger partial charge >= 0.3 is 0 Å². The van der Waals surface area contributed by atoms with Gasteiger partial charge in [-0.25, -0.2) is 4.39 Å². The first-order chi connectivity index (χ1) is 13.2. The van der Waals surface area contributed by atoms with E-state index in [0.717, 1.165) is 30.8 Å². The Morgan fingerprint density at radius 2 is 1.74 bits per heavy atom. The van der Waals surface area contributed by atoms with E-state index in [9.17, 15) is 4.39 Å². The first-order valence-corrected chi connectivity index (χ1v) is 9.83. The number of halogens is 1. The summed E-state index contributed by atoms with van der Waals surface area (Å²) in [4.78, 5) is 0. The number of unbranched alkanes of at least 4 members (excludes halogenated alkanes) is 2. The van der Waals surface area contributed by atoms with Gasteiger partial charge < -0.3 is 14.2 Å². The van der Waals surface area contributed by atoms with Crippen molar-refractivity contribution in [2.75, 3.05) is 20.3 Å². The fourth-order valence-corrected chi connectivity index (χ4v) is 3.54. The third kappa shape index (κ3) is 5.16. The van der Waals surface area contributed by atoms with Crippen molar-refractivity contribution in [3.8, 4) is 0 Å². The summed E-state index contributed by atoms with van der Waals surface area (Å²) in [5.41, 5.74) is 2.42. The van der Waals surface area contributed by atoms with Gasteiger partial charge in [0.05, 0.1) is 13.2 Å². The van der Waals surface area contributed by atoms with Crippen LogP contribution >= 0.6 is 0 Å². The van der Waals surface area contributed by atoms with Crippen LogP contribution < -0.4 is 0 Å². The molecule has 2 aromatic carbocycles. The molecule has 1 fully saturated rings. The van der Waals surface area contributed by atoms with E-state index in [1.54, 1.807) is 19.2 Å². The van der Waals surface area contributed by atoms with Crippen molar-refractivity contribution in [1.82, 2.24) is 0 Å². The van der Waals surface area contributed by atoms with Crippen LogP contribution in [0.25, 0.3) is 0 Å². The lowest BCUT2D eigenvalue weighted by Crippen LogP contribution is -2.27. The molecular formula is C23H29FO3. The number of hydrogen-bond donors (Lipinski definition) is 0. The lowest BCUT2D eigenvalue weighted by atomic mass is 9.99. The molecule has 27 heavy (non-hydrogen) atoms. The Kier molecular flexibility index (Phi) is 7.39. The van der Waals surface area contributed by atoms with E-state index in [0.29, 0.717) is 11.5 Å². The normalized spacial score (nSPS) is 21.1. The van der Waals surface area contributed by atoms with Gasteiger partial charge in [-0.15, -0.1) is 0 Å². The van der Waals surface area contributed by atoms with Crippen molar-refractivity contribution in [2.45, 2.75) is 45.0 Å². The summed E-state index contributed by atoms with van der Waals surface area (Å²) >= 11 is 0. The molecule has 0 spiro atoms. The molecule has 0 saturated carbocycles. The summed E-state index contributed by atoms with van der Waals surface area (Å²) in [6, 6.07) is 14.6. The molecule has 0 radical (unpaired) electrons. The van der Waals surface area contributed by atoms with E-state index >= 15 is 0 Å². The molecule has 146 valence electrons. The van der Waals surface area contributed by atoms with Gasteiger partial charge in [-0.1, -0.05) is 68.7 Å². The van der Waals surface area contributed by atoms with Crippen LogP contribution in [0.1, 0.15) is 61.7 Å². The monoisotopic (exact) mass is 372 g/mol. The topological polar surface area (TPSA) is 27.7 Å². The fourth-order valence-electron chi connectivity index (χ4n) is 3.54. The molecule has 1 atom stereocenters. The number of hydrogen-bond acceptors (Lipinski definition) is 3. The van der Waals surface area contributed by atoms with Gasteiger partial charge in [0.1, 0.15) is 11.9 Å². The minimum absolute atomic E-state index is 0.263. The Labute approximate surface area is 161 Å². The van der Waals surface area contributed by atoms with Crippen LogP contribution in [0.3, 0.4) is 0 Å². The first-order valence-electron chi connectivity index (χ1n) is 9.83. The number of benzene rings is 2. The summed E-state index contributed by atoms with van der Waals surface area (Å²) in [5, 5.41) is 0. The van der Waals surface area contributed by atoms with Gasteiger partial charge in [0.25, 0.3) is 0 Å². The summed E-state index contributed by atoms with van der Waals surface area (Å²) < 4.78 is 31.5. The van der Waals surface area contributed by atoms with Crippen LogP contribution in [0.4, 0.5) is 4.39 Å². The van der Waals surface area contributed by atoms with E-state index in [2.05, 4.69) is 6.92 Å². The maximum Gasteiger partial charge on any atom is 0.183 e. The predicted octanol–water partition coefficient (Wildman–Crippen LogP) is 5.80. The zero-order chi connectivity index (χ0) is 19.1. The van der Waals surface area contributed by atoms with E-state index in [1.807, 2.05) is 30.3 Å². The van der Waals surface area contributed by atoms with Crippen molar-refractivity contribution in [2.24, 2.45) is 5.92 Å². The Hall–Kier alpha value is -1.75. The minimum Gasteiger partial charge on any atom is -0.372 e. The van der Waals surface area contributed by atoms with Crippen molar-refractivity contribution in [3.05, 3.63) is 71.0 Å². The molecular weight excluding hydrogens is 343 g/mol. The molecule has 3 nitrogen and oxygen atoms in total. The zero-order valence-electron chi connectivity index (χ0n) is 16.2. The molecule has 1 saturated heterocycles. The van der Waals surface area contributed by atoms with Gasteiger partial charge in [-0.2, -0.15) is 0 Å². The molecule has 0 amide bonds. The van der Waals surface area contributed by atoms with Crippen molar-refractivity contribution < 1.29 is 18.6 Å². The quantitative estimate of drug-likeness (QED) is 0.548. The third-order valence-corrected chi connectivity index (χ3v) is 5.12. The van der Waals surface area contributed by atoms with Crippen LogP contribution in [-0.4, -0.2) is 20.3 Å². The second-order valence-corrected chi connectivity index (χ2v) is 7.16. The van der Waals surface area contributed by atoms with Gasteiger partial charge in [0.15, 0.2) is 6.29 Å². The first kappa shape index (κ1) is 20.0. The lowest BCUT2D eigenvalue weighted by Gasteiger charge is -2.30. The molecule has 1 heterocycles. The van der Waals surface area contributed by atoms with Crippen molar-refractivity contribution in [3.63, 3.8) is 0 Å². The second-order valence-electron chi connectivity index (χ2n) is 7.16. The van der Waals surface area contributed by atoms with E-state index in [-0.39, 0.29) is 12.1 Å². The molecule has 1 aliphatic rings. The third-order valence-electron chi connectivity index (χ3n) is 5.12. The van der Waals surface area contributed by atoms with Gasteiger partial charge in [-0.05, 0) is 18.1 Å². The molecule has 1 unspecified atom stereocenters. The minimum atomic E-state index is -0.434. The summed E-state index contributed by atoms with van der Waals surface area (Å²) in [6.45, 7) is 3.70. The SMILES string of the molecule is CCCCCC1COC(c2ccc(C(OC)c3ccccc3F)cc2)OC1. The molecule has 0 aromatic heterocycles. The Balaban J connectivity index is 1.61. The molecule has 0 N–H and O–H groups in total. The molecule has 1 aliphatic heterocycles. The highest BCUT2D eigenvalue weighted by atomic mass is 19.1. The maximum atomic E-state index is 14.1. The summed E-state index contributed by atoms with van der Waals surface area (Å²) in [5.74, 6) is 0.229. The number of methoxy groups -OCH3 is 1. The van der Waals surface area contributed by atoms with Crippen LogP contribution in [-0.2, 0) is 14.2 Å². The molecule has 2 aromatic rings. The highest BCUT2D eigenvalue weighted by molar-refractivity contribution is 5.33. The maximum absolute atomic E-state index is 14.1. The van der Waals surface area contributed by atoms with Gasteiger partial charge in [0.2, 0.25) is 0 Å². The van der Waals surface area contributed by atoms with E-state index < -0.39 is 6.10 Å². The molecule has 0 bridgehead atoms. The molecule has 0 aliphatic carbocycles. The predicted molar refractivity (Wildman–Crippen MR) is 104 cm³/mol. The van der Waals surface area contributed by atoms with Crippen molar-refractivity contribution >= 4 is 0 Å².